The molecule has 2 heterocycles. The first-order valence-corrected chi connectivity index (χ1v) is 10.6. The fourth-order valence-electron chi connectivity index (χ4n) is 3.28. The van der Waals surface area contributed by atoms with Crippen LogP contribution < -0.4 is 10.7 Å². The quantitative estimate of drug-likeness (QED) is 0.272. The van der Waals surface area contributed by atoms with Gasteiger partial charge in [-0.25, -0.2) is 10.4 Å². The number of hydrogen-bond donors (Lipinski definition) is 2. The van der Waals surface area contributed by atoms with Crippen molar-refractivity contribution < 1.29 is 4.79 Å². The molecule has 0 aliphatic heterocycles. The molecule has 2 aromatic heterocycles. The van der Waals surface area contributed by atoms with Crippen LogP contribution in [-0.2, 0) is 0 Å². The van der Waals surface area contributed by atoms with Crippen molar-refractivity contribution in [3.63, 3.8) is 0 Å². The molecule has 0 atom stereocenters. The number of nitrogens with zero attached hydrogens (tertiary/aromatic N) is 5. The fourth-order valence-corrected chi connectivity index (χ4v) is 3.77. The molecule has 0 saturated carbocycles. The average Bonchev–Trinajstić information content (AvgIpc) is 3.32. The molecule has 0 bridgehead atoms. The molecule has 3 aromatic carbocycles. The van der Waals surface area contributed by atoms with Crippen LogP contribution in [0, 0.1) is 0 Å². The molecule has 0 aliphatic carbocycles. The average molecular weight is 476 g/mol. The predicted octanol–water partition coefficient (Wildman–Crippen LogP) is 5.09. The minimum atomic E-state index is -0.369. The standard InChI is InChI=1S/C23H15Cl2N7O/c24-18-5-3-6-19(25)17(18)12-26-31-22(33)14-8-10-15(11-9-14)28-23-29-20-7-2-1-4-16(20)21-30-27-13-32(21)23/h1-13H,(H,28,29)(H,31,33)/b26-12+. The highest BCUT2D eigenvalue weighted by Gasteiger charge is 2.11. The number of anilines is 2. The highest BCUT2D eigenvalue weighted by atomic mass is 35.5. The molecule has 0 spiro atoms. The van der Waals surface area contributed by atoms with Gasteiger partial charge in [0.1, 0.15) is 6.33 Å². The van der Waals surface area contributed by atoms with Crippen molar-refractivity contribution in [1.82, 2.24) is 25.0 Å². The summed E-state index contributed by atoms with van der Waals surface area (Å²) in [6, 6.07) is 19.8. The van der Waals surface area contributed by atoms with Gasteiger partial charge in [0.15, 0.2) is 5.65 Å². The Hall–Kier alpha value is -4.01. The van der Waals surface area contributed by atoms with Crippen molar-refractivity contribution in [2.75, 3.05) is 5.32 Å². The van der Waals surface area contributed by atoms with Crippen molar-refractivity contribution in [2.45, 2.75) is 0 Å². The fraction of sp³-hybridized carbons (Fsp3) is 0. The van der Waals surface area contributed by atoms with Crippen LogP contribution in [0.5, 0.6) is 0 Å². The number of benzene rings is 3. The molecule has 1 amide bonds. The second-order valence-corrected chi connectivity index (χ2v) is 7.83. The molecule has 0 fully saturated rings. The van der Waals surface area contributed by atoms with Crippen LogP contribution in [0.25, 0.3) is 16.6 Å². The Kier molecular flexibility index (Phi) is 5.60. The van der Waals surface area contributed by atoms with Gasteiger partial charge in [-0.2, -0.15) is 5.10 Å². The van der Waals surface area contributed by atoms with E-state index in [1.54, 1.807) is 53.2 Å². The van der Waals surface area contributed by atoms with Gasteiger partial charge in [0, 0.05) is 22.2 Å². The summed E-state index contributed by atoms with van der Waals surface area (Å²) in [4.78, 5) is 17.1. The van der Waals surface area contributed by atoms with Crippen LogP contribution >= 0.6 is 23.2 Å². The number of hydrazone groups is 1. The van der Waals surface area contributed by atoms with Crippen molar-refractivity contribution in [2.24, 2.45) is 5.10 Å². The maximum absolute atomic E-state index is 12.4. The third kappa shape index (κ3) is 4.21. The minimum Gasteiger partial charge on any atom is -0.325 e. The predicted molar refractivity (Wildman–Crippen MR) is 130 cm³/mol. The zero-order chi connectivity index (χ0) is 22.8. The summed E-state index contributed by atoms with van der Waals surface area (Å²) in [5.74, 6) is 0.193. The summed E-state index contributed by atoms with van der Waals surface area (Å²) in [5.41, 5.74) is 5.69. The number of nitrogens with one attached hydrogen (secondary N) is 2. The first-order valence-electron chi connectivity index (χ1n) is 9.83. The Balaban J connectivity index is 1.32. The maximum atomic E-state index is 12.4. The second-order valence-electron chi connectivity index (χ2n) is 7.01. The van der Waals surface area contributed by atoms with Gasteiger partial charge >= 0.3 is 0 Å². The van der Waals surface area contributed by atoms with Crippen LogP contribution in [0.4, 0.5) is 11.6 Å². The van der Waals surface area contributed by atoms with Crippen LogP contribution in [-0.4, -0.2) is 31.7 Å². The van der Waals surface area contributed by atoms with Gasteiger partial charge in [0.25, 0.3) is 5.91 Å². The number of carbonyl (C=O) groups is 1. The molecule has 0 saturated heterocycles. The number of aromatic nitrogens is 4. The van der Waals surface area contributed by atoms with E-state index in [9.17, 15) is 4.79 Å². The van der Waals surface area contributed by atoms with Crippen molar-refractivity contribution >= 4 is 63.5 Å². The molecule has 10 heteroatoms. The Morgan fingerprint density at radius 3 is 2.52 bits per heavy atom. The maximum Gasteiger partial charge on any atom is 0.271 e. The van der Waals surface area contributed by atoms with E-state index in [0.717, 1.165) is 16.6 Å². The zero-order valence-electron chi connectivity index (χ0n) is 16.9. The molecule has 5 aromatic rings. The lowest BCUT2D eigenvalue weighted by molar-refractivity contribution is 0.0955. The van der Waals surface area contributed by atoms with E-state index in [1.807, 2.05) is 24.3 Å². The van der Waals surface area contributed by atoms with Crippen LogP contribution in [0.3, 0.4) is 0 Å². The number of fused-ring (bicyclic) bond motifs is 3. The van der Waals surface area contributed by atoms with E-state index in [-0.39, 0.29) is 5.91 Å². The SMILES string of the molecule is O=C(N/N=C/c1c(Cl)cccc1Cl)c1ccc(Nc2nc3ccccc3c3nncn23)cc1. The lowest BCUT2D eigenvalue weighted by Crippen LogP contribution is -2.17. The van der Waals surface area contributed by atoms with Gasteiger partial charge in [-0.1, -0.05) is 41.4 Å². The topological polar surface area (TPSA) is 96.6 Å². The van der Waals surface area contributed by atoms with Crippen molar-refractivity contribution in [3.8, 4) is 0 Å². The van der Waals surface area contributed by atoms with Crippen LogP contribution in [0.1, 0.15) is 15.9 Å². The minimum absolute atomic E-state index is 0.369. The van der Waals surface area contributed by atoms with Crippen molar-refractivity contribution in [3.05, 3.63) is 94.2 Å². The molecular formula is C23H15Cl2N7O. The van der Waals surface area contributed by atoms with E-state index in [4.69, 9.17) is 23.2 Å². The van der Waals surface area contributed by atoms with Gasteiger partial charge in [-0.15, -0.1) is 10.2 Å². The van der Waals surface area contributed by atoms with Gasteiger partial charge < -0.3 is 5.32 Å². The molecular weight excluding hydrogens is 461 g/mol. The molecule has 33 heavy (non-hydrogen) atoms. The summed E-state index contributed by atoms with van der Waals surface area (Å²) < 4.78 is 1.78. The van der Waals surface area contributed by atoms with Gasteiger partial charge in [0.2, 0.25) is 5.95 Å². The Bertz CT molecular complexity index is 1490. The van der Waals surface area contributed by atoms with Crippen LogP contribution in [0.2, 0.25) is 10.0 Å². The monoisotopic (exact) mass is 475 g/mol. The third-order valence-electron chi connectivity index (χ3n) is 4.91. The Labute approximate surface area is 197 Å². The lowest BCUT2D eigenvalue weighted by Gasteiger charge is -2.10. The smallest absolute Gasteiger partial charge is 0.271 e. The van der Waals surface area contributed by atoms with E-state index in [0.29, 0.717) is 32.8 Å². The Morgan fingerprint density at radius 1 is 0.970 bits per heavy atom. The summed E-state index contributed by atoms with van der Waals surface area (Å²) >= 11 is 12.2. The van der Waals surface area contributed by atoms with E-state index >= 15 is 0 Å². The largest absolute Gasteiger partial charge is 0.325 e. The molecule has 0 aliphatic rings. The molecule has 5 rings (SSSR count). The Morgan fingerprint density at radius 2 is 1.73 bits per heavy atom. The van der Waals surface area contributed by atoms with Crippen LogP contribution in [0.15, 0.2) is 78.2 Å². The third-order valence-corrected chi connectivity index (χ3v) is 5.57. The summed E-state index contributed by atoms with van der Waals surface area (Å²) in [7, 11) is 0. The number of para-hydroxylation sites is 1. The highest BCUT2D eigenvalue weighted by molar-refractivity contribution is 6.38. The second kappa shape index (κ2) is 8.85. The van der Waals surface area contributed by atoms with Gasteiger partial charge in [-0.3, -0.25) is 9.20 Å². The zero-order valence-corrected chi connectivity index (χ0v) is 18.4. The highest BCUT2D eigenvalue weighted by Crippen LogP contribution is 2.23. The van der Waals surface area contributed by atoms with E-state index in [1.165, 1.54) is 6.21 Å². The number of halogens is 2. The molecule has 2 N–H and O–H groups in total. The number of hydrogen-bond acceptors (Lipinski definition) is 6. The molecule has 0 unspecified atom stereocenters. The summed E-state index contributed by atoms with van der Waals surface area (Å²) in [5, 5.41) is 17.2. The number of rotatable bonds is 5. The molecule has 8 nitrogen and oxygen atoms in total. The molecule has 0 radical (unpaired) electrons. The van der Waals surface area contributed by atoms with Gasteiger partial charge in [0.05, 0.1) is 21.8 Å². The van der Waals surface area contributed by atoms with E-state index in [2.05, 4.69) is 31.0 Å². The summed E-state index contributed by atoms with van der Waals surface area (Å²) in [6.45, 7) is 0. The molecule has 162 valence electrons. The number of carbonyl (C=O) groups excluding carboxylic acids is 1. The lowest BCUT2D eigenvalue weighted by atomic mass is 10.2. The van der Waals surface area contributed by atoms with E-state index < -0.39 is 0 Å². The van der Waals surface area contributed by atoms with Gasteiger partial charge in [-0.05, 0) is 48.5 Å². The first-order chi connectivity index (χ1) is 16.1. The van der Waals surface area contributed by atoms with Crippen molar-refractivity contribution in [1.29, 1.82) is 0 Å². The normalized spacial score (nSPS) is 11.3. The number of amides is 1. The summed E-state index contributed by atoms with van der Waals surface area (Å²) in [6.07, 6.45) is 3.01. The first kappa shape index (κ1) is 20.9.